The highest BCUT2D eigenvalue weighted by molar-refractivity contribution is 6.42. The first-order valence-corrected chi connectivity index (χ1v) is 26.5. The van der Waals surface area contributed by atoms with Crippen molar-refractivity contribution in [1.29, 1.82) is 0 Å². The van der Waals surface area contributed by atoms with Crippen LogP contribution in [0, 0.1) is 27.8 Å². The fraction of sp³-hybridized carbons (Fsp3) is 0.149. The van der Waals surface area contributed by atoms with E-state index in [4.69, 9.17) is 49.0 Å². The van der Waals surface area contributed by atoms with Gasteiger partial charge in [0.25, 0.3) is 5.69 Å². The molecule has 0 spiro atoms. The van der Waals surface area contributed by atoms with Gasteiger partial charge in [0.2, 0.25) is 0 Å². The molecular formula is C67H53Cl3FNO6. The standard InChI is InChI=1S/C67H53Cl3FNO6/c1-44(73)77-66-41-50(27-34-60(66)67(2,3)52-13-8-5-9-14-52)40-58-57(39-49-23-28-53(29-24-49)72(74)75)56(33-36-65(58)78-55-32-35-62(69)63(70)42-55)51(37-47-21-19-46(20-22-47)18-17-45-11-6-4-7-12-45)38-48-25-30-54(31-26-48)76-43-59-61(68)15-10-16-64(59)71/h4-16,19-36,41-42,51H,37-40,43H2,1-3H3. The van der Waals surface area contributed by atoms with Gasteiger partial charge in [-0.1, -0.05) is 170 Å². The van der Waals surface area contributed by atoms with Crippen molar-refractivity contribution in [3.63, 3.8) is 0 Å². The molecule has 9 aromatic carbocycles. The predicted molar refractivity (Wildman–Crippen MR) is 309 cm³/mol. The molecule has 0 N–H and O–H groups in total. The zero-order valence-electron chi connectivity index (χ0n) is 43.1. The summed E-state index contributed by atoms with van der Waals surface area (Å²) in [6.45, 7) is 5.57. The van der Waals surface area contributed by atoms with Crippen molar-refractivity contribution in [3.05, 3.63) is 298 Å². The number of non-ortho nitro benzene ring substituents is 1. The maximum Gasteiger partial charge on any atom is 0.308 e. The minimum atomic E-state index is -0.536. The summed E-state index contributed by atoms with van der Waals surface area (Å²) < 4.78 is 33.6. The molecule has 0 saturated heterocycles. The van der Waals surface area contributed by atoms with Gasteiger partial charge in [-0.05, 0) is 137 Å². The van der Waals surface area contributed by atoms with E-state index in [1.54, 1.807) is 42.5 Å². The quantitative estimate of drug-likeness (QED) is 0.0280. The average molecular weight is 1090 g/mol. The van der Waals surface area contributed by atoms with Crippen LogP contribution in [-0.4, -0.2) is 10.9 Å². The average Bonchev–Trinajstić information content (AvgIpc) is 3.46. The third kappa shape index (κ3) is 13.7. The minimum absolute atomic E-state index is 0.0216. The molecule has 11 heteroatoms. The summed E-state index contributed by atoms with van der Waals surface area (Å²) in [5.74, 6) is 7.52. The number of hydrogen-bond donors (Lipinski definition) is 0. The van der Waals surface area contributed by atoms with Crippen LogP contribution in [0.3, 0.4) is 0 Å². The molecule has 0 bridgehead atoms. The van der Waals surface area contributed by atoms with Gasteiger partial charge >= 0.3 is 5.97 Å². The van der Waals surface area contributed by atoms with Crippen LogP contribution in [0.1, 0.15) is 93.5 Å². The first kappa shape index (κ1) is 54.6. The maximum absolute atomic E-state index is 14.7. The Morgan fingerprint density at radius 3 is 1.83 bits per heavy atom. The Morgan fingerprint density at radius 2 is 1.19 bits per heavy atom. The second kappa shape index (κ2) is 24.9. The molecule has 0 saturated carbocycles. The molecule has 1 atom stereocenters. The van der Waals surface area contributed by atoms with Gasteiger partial charge in [0, 0.05) is 64.8 Å². The summed E-state index contributed by atoms with van der Waals surface area (Å²) in [4.78, 5) is 24.4. The van der Waals surface area contributed by atoms with Crippen molar-refractivity contribution in [2.24, 2.45) is 0 Å². The molecule has 0 heterocycles. The molecule has 390 valence electrons. The fourth-order valence-corrected chi connectivity index (χ4v) is 10.1. The van der Waals surface area contributed by atoms with Gasteiger partial charge in [-0.25, -0.2) is 4.39 Å². The number of halogens is 4. The van der Waals surface area contributed by atoms with E-state index in [2.05, 4.69) is 62.1 Å². The first-order chi connectivity index (χ1) is 37.7. The Morgan fingerprint density at radius 1 is 0.590 bits per heavy atom. The number of nitro groups is 1. The highest BCUT2D eigenvalue weighted by Gasteiger charge is 2.29. The Balaban J connectivity index is 1.18. The van der Waals surface area contributed by atoms with Gasteiger partial charge < -0.3 is 14.2 Å². The number of esters is 1. The molecule has 9 aromatic rings. The summed E-state index contributed by atoms with van der Waals surface area (Å²) in [7, 11) is 0. The summed E-state index contributed by atoms with van der Waals surface area (Å²) in [5, 5.41) is 12.9. The number of nitro benzene ring substituents is 1. The summed E-state index contributed by atoms with van der Waals surface area (Å²) in [5.41, 5.74) is 9.99. The lowest BCUT2D eigenvalue weighted by atomic mass is 9.77. The number of ether oxygens (including phenoxy) is 3. The second-order valence-corrected chi connectivity index (χ2v) is 20.8. The Bertz CT molecular complexity index is 3630. The lowest BCUT2D eigenvalue weighted by Crippen LogP contribution is -2.21. The maximum atomic E-state index is 14.7. The van der Waals surface area contributed by atoms with Crippen LogP contribution in [0.15, 0.2) is 200 Å². The van der Waals surface area contributed by atoms with Crippen LogP contribution in [-0.2, 0) is 42.5 Å². The topological polar surface area (TPSA) is 87.9 Å². The van der Waals surface area contributed by atoms with Crippen LogP contribution in [0.4, 0.5) is 10.1 Å². The number of benzene rings is 9. The highest BCUT2D eigenvalue weighted by Crippen LogP contribution is 2.42. The number of hydrogen-bond acceptors (Lipinski definition) is 6. The number of carbonyl (C=O) groups excluding carboxylic acids is 1. The molecule has 0 aromatic heterocycles. The van der Waals surface area contributed by atoms with E-state index >= 15 is 0 Å². The first-order valence-electron chi connectivity index (χ1n) is 25.4. The molecule has 78 heavy (non-hydrogen) atoms. The minimum Gasteiger partial charge on any atom is -0.489 e. The Hall–Kier alpha value is -8.19. The van der Waals surface area contributed by atoms with E-state index in [1.807, 2.05) is 103 Å². The SMILES string of the molecule is CC(=O)Oc1cc(Cc2c(Oc3ccc(Cl)c(Cl)c3)ccc(C(Cc3ccc(C#Cc4ccccc4)cc3)Cc3ccc(OCc4c(F)cccc4Cl)cc3)c2Cc2ccc([N+](=O)[O-])cc2)ccc1C(C)(C)c1ccccc1. The highest BCUT2D eigenvalue weighted by atomic mass is 35.5. The zero-order chi connectivity index (χ0) is 54.8. The summed E-state index contributed by atoms with van der Waals surface area (Å²) in [6, 6.07) is 62.4. The molecule has 0 radical (unpaired) electrons. The van der Waals surface area contributed by atoms with Crippen molar-refractivity contribution in [3.8, 4) is 34.8 Å². The monoisotopic (exact) mass is 1090 g/mol. The van der Waals surface area contributed by atoms with E-state index in [1.165, 1.54) is 25.1 Å². The third-order valence-corrected chi connectivity index (χ3v) is 14.9. The van der Waals surface area contributed by atoms with Gasteiger partial charge in [-0.15, -0.1) is 0 Å². The van der Waals surface area contributed by atoms with E-state index < -0.39 is 22.1 Å². The number of nitrogens with zero attached hydrogens (tertiary/aromatic N) is 1. The lowest BCUT2D eigenvalue weighted by Gasteiger charge is -2.29. The van der Waals surface area contributed by atoms with E-state index in [0.29, 0.717) is 58.7 Å². The molecule has 0 aliphatic carbocycles. The Labute approximate surface area is 469 Å². The smallest absolute Gasteiger partial charge is 0.308 e. The van der Waals surface area contributed by atoms with Gasteiger partial charge in [0.05, 0.1) is 20.0 Å². The normalized spacial score (nSPS) is 11.5. The van der Waals surface area contributed by atoms with Crippen LogP contribution >= 0.6 is 34.8 Å². The van der Waals surface area contributed by atoms with Gasteiger partial charge in [0.15, 0.2) is 0 Å². The van der Waals surface area contributed by atoms with Gasteiger partial charge in [0.1, 0.15) is 35.4 Å². The van der Waals surface area contributed by atoms with Crippen LogP contribution < -0.4 is 14.2 Å². The van der Waals surface area contributed by atoms with Crippen LogP contribution in [0.5, 0.6) is 23.0 Å². The second-order valence-electron chi connectivity index (χ2n) is 19.5. The molecule has 1 unspecified atom stereocenters. The van der Waals surface area contributed by atoms with Gasteiger partial charge in [-0.2, -0.15) is 0 Å². The fourth-order valence-electron chi connectivity index (χ4n) is 9.62. The van der Waals surface area contributed by atoms with Crippen molar-refractivity contribution in [2.75, 3.05) is 0 Å². The number of carbonyl (C=O) groups is 1. The third-order valence-electron chi connectivity index (χ3n) is 13.8. The largest absolute Gasteiger partial charge is 0.489 e. The van der Waals surface area contributed by atoms with Crippen LogP contribution in [0.25, 0.3) is 0 Å². The van der Waals surface area contributed by atoms with Gasteiger partial charge in [-0.3, -0.25) is 14.9 Å². The molecule has 0 fully saturated rings. The van der Waals surface area contributed by atoms with Crippen LogP contribution in [0.2, 0.25) is 15.1 Å². The summed E-state index contributed by atoms with van der Waals surface area (Å²) in [6.07, 6.45) is 1.88. The zero-order valence-corrected chi connectivity index (χ0v) is 45.3. The number of rotatable bonds is 18. The molecule has 0 aliphatic rings. The molecular weight excluding hydrogens is 1040 g/mol. The van der Waals surface area contributed by atoms with Crippen molar-refractivity contribution in [1.82, 2.24) is 0 Å². The Kier molecular flexibility index (Phi) is 17.4. The molecule has 0 aliphatic heterocycles. The van der Waals surface area contributed by atoms with E-state index in [0.717, 1.165) is 61.2 Å². The molecule has 9 rings (SSSR count). The lowest BCUT2D eigenvalue weighted by molar-refractivity contribution is -0.384. The molecule has 0 amide bonds. The summed E-state index contributed by atoms with van der Waals surface area (Å²) >= 11 is 19.3. The van der Waals surface area contributed by atoms with Crippen molar-refractivity contribution < 1.29 is 28.3 Å². The predicted octanol–water partition coefficient (Wildman–Crippen LogP) is 17.5. The van der Waals surface area contributed by atoms with Crippen molar-refractivity contribution >= 4 is 46.5 Å². The molecule has 7 nitrogen and oxygen atoms in total. The van der Waals surface area contributed by atoms with E-state index in [9.17, 15) is 19.3 Å². The van der Waals surface area contributed by atoms with Crippen molar-refractivity contribution in [2.45, 2.75) is 64.4 Å². The van der Waals surface area contributed by atoms with E-state index in [-0.39, 0.29) is 28.8 Å².